The molecule has 0 spiro atoms. The van der Waals surface area contributed by atoms with Gasteiger partial charge in [0.25, 0.3) is 5.56 Å². The molecule has 0 unspecified atom stereocenters. The predicted molar refractivity (Wildman–Crippen MR) is 83.7 cm³/mol. The minimum atomic E-state index is -4.16. The second kappa shape index (κ2) is 7.27. The minimum absolute atomic E-state index is 0.0329. The van der Waals surface area contributed by atoms with Crippen LogP contribution in [0.5, 0.6) is 0 Å². The van der Waals surface area contributed by atoms with Gasteiger partial charge >= 0.3 is 12.2 Å². The Kier molecular flexibility index (Phi) is 5.56. The van der Waals surface area contributed by atoms with E-state index in [1.807, 2.05) is 6.07 Å². The molecule has 24 heavy (non-hydrogen) atoms. The molecule has 8 heteroatoms. The summed E-state index contributed by atoms with van der Waals surface area (Å²) in [7, 11) is 0. The second-order valence-electron chi connectivity index (χ2n) is 6.36. The van der Waals surface area contributed by atoms with Gasteiger partial charge in [0.15, 0.2) is 0 Å². The number of H-pyrrole nitrogens is 1. The number of carbonyl (C=O) groups excluding carboxylic acids is 1. The first-order chi connectivity index (χ1) is 11.2. The number of amides is 2. The van der Waals surface area contributed by atoms with Gasteiger partial charge in [0, 0.05) is 17.3 Å². The van der Waals surface area contributed by atoms with E-state index in [9.17, 15) is 22.8 Å². The number of aryl methyl sites for hydroxylation is 2. The van der Waals surface area contributed by atoms with Crippen LogP contribution in [0.1, 0.15) is 42.5 Å². The van der Waals surface area contributed by atoms with Gasteiger partial charge in [-0.1, -0.05) is 0 Å². The maximum absolute atomic E-state index is 12.6. The van der Waals surface area contributed by atoms with E-state index in [0.29, 0.717) is 18.4 Å². The third-order valence-corrected chi connectivity index (χ3v) is 4.44. The van der Waals surface area contributed by atoms with Gasteiger partial charge in [0.1, 0.15) is 0 Å². The zero-order valence-electron chi connectivity index (χ0n) is 13.7. The van der Waals surface area contributed by atoms with E-state index in [4.69, 9.17) is 0 Å². The quantitative estimate of drug-likeness (QED) is 0.788. The normalized spacial score (nSPS) is 21.4. The van der Waals surface area contributed by atoms with Gasteiger partial charge < -0.3 is 15.6 Å². The molecule has 5 nitrogen and oxygen atoms in total. The van der Waals surface area contributed by atoms with Gasteiger partial charge in [-0.25, -0.2) is 4.79 Å². The molecule has 2 rings (SSSR count). The van der Waals surface area contributed by atoms with Crippen molar-refractivity contribution >= 4 is 6.03 Å². The Hall–Kier alpha value is -1.99. The highest BCUT2D eigenvalue weighted by Crippen LogP contribution is 2.37. The largest absolute Gasteiger partial charge is 0.391 e. The van der Waals surface area contributed by atoms with E-state index in [-0.39, 0.29) is 31.0 Å². The fourth-order valence-corrected chi connectivity index (χ4v) is 3.07. The summed E-state index contributed by atoms with van der Waals surface area (Å²) in [5, 5.41) is 5.28. The molecule has 0 aliphatic heterocycles. The van der Waals surface area contributed by atoms with Crippen molar-refractivity contribution in [3.05, 3.63) is 33.2 Å². The maximum Gasteiger partial charge on any atom is 0.391 e. The van der Waals surface area contributed by atoms with E-state index in [0.717, 1.165) is 11.3 Å². The summed E-state index contributed by atoms with van der Waals surface area (Å²) >= 11 is 0. The first-order valence-corrected chi connectivity index (χ1v) is 7.97. The van der Waals surface area contributed by atoms with Crippen LogP contribution in [0.4, 0.5) is 18.0 Å². The molecule has 1 fully saturated rings. The van der Waals surface area contributed by atoms with Gasteiger partial charge in [-0.05, 0) is 51.2 Å². The summed E-state index contributed by atoms with van der Waals surface area (Å²) in [5.74, 6) is -1.27. The van der Waals surface area contributed by atoms with Crippen LogP contribution in [-0.2, 0) is 6.54 Å². The Labute approximate surface area is 138 Å². The molecular formula is C16H22F3N3O2. The molecule has 1 aliphatic carbocycles. The van der Waals surface area contributed by atoms with Crippen LogP contribution in [0.25, 0.3) is 0 Å². The topological polar surface area (TPSA) is 74.0 Å². The lowest BCUT2D eigenvalue weighted by Crippen LogP contribution is -2.45. The average molecular weight is 345 g/mol. The van der Waals surface area contributed by atoms with Crippen LogP contribution in [0, 0.1) is 19.8 Å². The van der Waals surface area contributed by atoms with Gasteiger partial charge in [0.05, 0.1) is 12.5 Å². The number of aromatic amines is 1. The molecule has 3 N–H and O–H groups in total. The first-order valence-electron chi connectivity index (χ1n) is 7.97. The number of nitrogens with one attached hydrogen (secondary N) is 3. The number of halogens is 3. The van der Waals surface area contributed by atoms with Crippen molar-refractivity contribution in [2.45, 2.75) is 58.3 Å². The van der Waals surface area contributed by atoms with E-state index >= 15 is 0 Å². The summed E-state index contributed by atoms with van der Waals surface area (Å²) in [6, 6.07) is 1.08. The number of rotatable bonds is 3. The number of alkyl halides is 3. The fourth-order valence-electron chi connectivity index (χ4n) is 3.07. The number of pyridine rings is 1. The predicted octanol–water partition coefficient (Wildman–Crippen LogP) is 2.91. The maximum atomic E-state index is 12.6. The van der Waals surface area contributed by atoms with Crippen LogP contribution in [-0.4, -0.2) is 23.2 Å². The van der Waals surface area contributed by atoms with E-state index in [1.165, 1.54) is 0 Å². The molecule has 0 aromatic carbocycles. The van der Waals surface area contributed by atoms with Gasteiger partial charge in [-0.15, -0.1) is 0 Å². The van der Waals surface area contributed by atoms with Crippen molar-refractivity contribution in [1.29, 1.82) is 0 Å². The highest BCUT2D eigenvalue weighted by molar-refractivity contribution is 5.74. The van der Waals surface area contributed by atoms with E-state index in [2.05, 4.69) is 15.6 Å². The van der Waals surface area contributed by atoms with Crippen molar-refractivity contribution in [2.24, 2.45) is 5.92 Å². The van der Waals surface area contributed by atoms with Crippen LogP contribution < -0.4 is 16.2 Å². The Balaban J connectivity index is 1.82. The zero-order valence-corrected chi connectivity index (χ0v) is 13.7. The highest BCUT2D eigenvalue weighted by atomic mass is 19.4. The van der Waals surface area contributed by atoms with Crippen molar-refractivity contribution < 1.29 is 18.0 Å². The van der Waals surface area contributed by atoms with Gasteiger partial charge in [-0.3, -0.25) is 4.79 Å². The Bertz CT molecular complexity index is 647. The fraction of sp³-hybridized carbons (Fsp3) is 0.625. The Morgan fingerprint density at radius 2 is 1.88 bits per heavy atom. The summed E-state index contributed by atoms with van der Waals surface area (Å²) in [6.45, 7) is 3.64. The molecule has 1 aliphatic rings. The number of urea groups is 1. The molecule has 134 valence electrons. The minimum Gasteiger partial charge on any atom is -0.335 e. The Morgan fingerprint density at radius 1 is 1.25 bits per heavy atom. The summed E-state index contributed by atoms with van der Waals surface area (Å²) in [5.41, 5.74) is 1.74. The highest BCUT2D eigenvalue weighted by Gasteiger charge is 2.41. The lowest BCUT2D eigenvalue weighted by molar-refractivity contribution is -0.182. The summed E-state index contributed by atoms with van der Waals surface area (Å²) in [4.78, 5) is 26.4. The molecule has 1 aromatic heterocycles. The third-order valence-electron chi connectivity index (χ3n) is 4.44. The van der Waals surface area contributed by atoms with Crippen molar-refractivity contribution in [3.63, 3.8) is 0 Å². The summed E-state index contributed by atoms with van der Waals surface area (Å²) < 4.78 is 37.8. The lowest BCUT2D eigenvalue weighted by Gasteiger charge is -2.30. The number of aromatic nitrogens is 1. The van der Waals surface area contributed by atoms with Crippen LogP contribution in [0.2, 0.25) is 0 Å². The number of hydrogen-bond donors (Lipinski definition) is 3. The monoisotopic (exact) mass is 345 g/mol. The third kappa shape index (κ3) is 4.75. The number of carbonyl (C=O) groups is 1. The average Bonchev–Trinajstić information content (AvgIpc) is 2.45. The molecular weight excluding hydrogens is 323 g/mol. The zero-order chi connectivity index (χ0) is 17.9. The van der Waals surface area contributed by atoms with Crippen LogP contribution >= 0.6 is 0 Å². The summed E-state index contributed by atoms with van der Waals surface area (Å²) in [6.07, 6.45) is -3.48. The molecule has 0 saturated heterocycles. The van der Waals surface area contributed by atoms with E-state index < -0.39 is 18.1 Å². The molecule has 2 amide bonds. The van der Waals surface area contributed by atoms with Crippen LogP contribution in [0.3, 0.4) is 0 Å². The van der Waals surface area contributed by atoms with Crippen molar-refractivity contribution in [3.8, 4) is 0 Å². The SMILES string of the molecule is Cc1cc(C)c(CNC(=O)NC2CCC(C(F)(F)F)CC2)c(=O)[nH]1. The van der Waals surface area contributed by atoms with Crippen molar-refractivity contribution in [2.75, 3.05) is 0 Å². The molecule has 0 atom stereocenters. The van der Waals surface area contributed by atoms with Crippen molar-refractivity contribution in [1.82, 2.24) is 15.6 Å². The molecule has 0 bridgehead atoms. The standard InChI is InChI=1S/C16H22F3N3O2/c1-9-7-10(2)21-14(23)13(9)8-20-15(24)22-12-5-3-11(4-6-12)16(17,18)19/h7,11-12H,3-6,8H2,1-2H3,(H,21,23)(H2,20,22,24). The van der Waals surface area contributed by atoms with E-state index in [1.54, 1.807) is 13.8 Å². The second-order valence-corrected chi connectivity index (χ2v) is 6.36. The van der Waals surface area contributed by atoms with Gasteiger partial charge in [-0.2, -0.15) is 13.2 Å². The Morgan fingerprint density at radius 3 is 2.42 bits per heavy atom. The lowest BCUT2D eigenvalue weighted by atomic mass is 9.86. The number of hydrogen-bond acceptors (Lipinski definition) is 2. The molecule has 1 saturated carbocycles. The molecule has 1 aromatic rings. The van der Waals surface area contributed by atoms with Gasteiger partial charge in [0.2, 0.25) is 0 Å². The smallest absolute Gasteiger partial charge is 0.335 e. The molecule has 0 radical (unpaired) electrons. The first kappa shape index (κ1) is 18.4. The molecule has 1 heterocycles. The van der Waals surface area contributed by atoms with Crippen LogP contribution in [0.15, 0.2) is 10.9 Å².